The SMILES string of the molecule is O=C(OCc1ccccc1)C1CN=CCO1. The van der Waals surface area contributed by atoms with Crippen LogP contribution in [0, 0.1) is 0 Å². The van der Waals surface area contributed by atoms with E-state index in [9.17, 15) is 4.79 Å². The molecule has 2 rings (SSSR count). The average Bonchev–Trinajstić information content (AvgIpc) is 2.38. The number of hydrogen-bond acceptors (Lipinski definition) is 4. The van der Waals surface area contributed by atoms with Crippen molar-refractivity contribution < 1.29 is 14.3 Å². The minimum Gasteiger partial charge on any atom is -0.459 e. The Balaban J connectivity index is 1.82. The van der Waals surface area contributed by atoms with E-state index >= 15 is 0 Å². The lowest BCUT2D eigenvalue weighted by molar-refractivity contribution is -0.157. The van der Waals surface area contributed by atoms with E-state index in [1.54, 1.807) is 6.21 Å². The highest BCUT2D eigenvalue weighted by Gasteiger charge is 2.21. The molecular formula is C12H13NO3. The minimum atomic E-state index is -0.547. The molecule has 4 nitrogen and oxygen atoms in total. The van der Waals surface area contributed by atoms with Crippen LogP contribution in [0.15, 0.2) is 35.3 Å². The zero-order valence-electron chi connectivity index (χ0n) is 8.83. The number of benzene rings is 1. The van der Waals surface area contributed by atoms with Gasteiger partial charge in [0.05, 0.1) is 13.2 Å². The summed E-state index contributed by atoms with van der Waals surface area (Å²) < 4.78 is 10.3. The van der Waals surface area contributed by atoms with Crippen molar-refractivity contribution >= 4 is 12.2 Å². The van der Waals surface area contributed by atoms with Crippen molar-refractivity contribution in [2.24, 2.45) is 4.99 Å². The van der Waals surface area contributed by atoms with Gasteiger partial charge in [0.15, 0.2) is 6.10 Å². The fourth-order valence-corrected chi connectivity index (χ4v) is 1.40. The van der Waals surface area contributed by atoms with Crippen LogP contribution in [0.25, 0.3) is 0 Å². The van der Waals surface area contributed by atoms with Crippen molar-refractivity contribution in [3.63, 3.8) is 0 Å². The Labute approximate surface area is 93.9 Å². The van der Waals surface area contributed by atoms with Crippen LogP contribution in [0.4, 0.5) is 0 Å². The zero-order valence-corrected chi connectivity index (χ0v) is 8.83. The van der Waals surface area contributed by atoms with Gasteiger partial charge in [-0.15, -0.1) is 0 Å². The number of rotatable bonds is 3. The molecule has 0 amide bonds. The number of ether oxygens (including phenoxy) is 2. The van der Waals surface area contributed by atoms with Crippen LogP contribution in [0.1, 0.15) is 5.56 Å². The van der Waals surface area contributed by atoms with Gasteiger partial charge in [-0.2, -0.15) is 0 Å². The van der Waals surface area contributed by atoms with E-state index in [2.05, 4.69) is 4.99 Å². The molecular weight excluding hydrogens is 206 g/mol. The topological polar surface area (TPSA) is 47.9 Å². The van der Waals surface area contributed by atoms with Crippen LogP contribution in [-0.2, 0) is 20.9 Å². The van der Waals surface area contributed by atoms with Gasteiger partial charge in [-0.3, -0.25) is 4.99 Å². The second kappa shape index (κ2) is 5.42. The molecule has 1 atom stereocenters. The largest absolute Gasteiger partial charge is 0.459 e. The van der Waals surface area contributed by atoms with Gasteiger partial charge < -0.3 is 9.47 Å². The Kier molecular flexibility index (Phi) is 3.66. The monoisotopic (exact) mass is 219 g/mol. The zero-order chi connectivity index (χ0) is 11.2. The van der Waals surface area contributed by atoms with E-state index in [0.29, 0.717) is 13.2 Å². The second-order valence-electron chi connectivity index (χ2n) is 3.46. The Morgan fingerprint density at radius 2 is 2.25 bits per heavy atom. The van der Waals surface area contributed by atoms with Gasteiger partial charge >= 0.3 is 5.97 Å². The molecule has 1 unspecified atom stereocenters. The molecule has 84 valence electrons. The summed E-state index contributed by atoms with van der Waals surface area (Å²) in [7, 11) is 0. The van der Waals surface area contributed by atoms with Gasteiger partial charge in [0.25, 0.3) is 0 Å². The first-order valence-corrected chi connectivity index (χ1v) is 5.17. The van der Waals surface area contributed by atoms with E-state index < -0.39 is 6.10 Å². The standard InChI is InChI=1S/C12H13NO3/c14-12(11-8-13-6-7-15-11)16-9-10-4-2-1-3-5-10/h1-6,11H,7-9H2. The lowest BCUT2D eigenvalue weighted by Gasteiger charge is -2.16. The van der Waals surface area contributed by atoms with Gasteiger partial charge in [0.1, 0.15) is 6.61 Å². The highest BCUT2D eigenvalue weighted by Crippen LogP contribution is 2.05. The molecule has 4 heteroatoms. The van der Waals surface area contributed by atoms with E-state index in [1.807, 2.05) is 30.3 Å². The van der Waals surface area contributed by atoms with Crippen molar-refractivity contribution in [2.45, 2.75) is 12.7 Å². The first-order valence-electron chi connectivity index (χ1n) is 5.17. The predicted molar refractivity (Wildman–Crippen MR) is 59.3 cm³/mol. The van der Waals surface area contributed by atoms with Gasteiger partial charge in [-0.25, -0.2) is 4.79 Å². The maximum absolute atomic E-state index is 11.6. The van der Waals surface area contributed by atoms with Crippen LogP contribution in [0.2, 0.25) is 0 Å². The molecule has 0 spiro atoms. The molecule has 0 bridgehead atoms. The fraction of sp³-hybridized carbons (Fsp3) is 0.333. The van der Waals surface area contributed by atoms with Crippen LogP contribution in [0.5, 0.6) is 0 Å². The third kappa shape index (κ3) is 2.90. The number of nitrogens with zero attached hydrogens (tertiary/aromatic N) is 1. The highest BCUT2D eigenvalue weighted by atomic mass is 16.6. The van der Waals surface area contributed by atoms with Crippen molar-refractivity contribution in [1.82, 2.24) is 0 Å². The summed E-state index contributed by atoms with van der Waals surface area (Å²) >= 11 is 0. The molecule has 1 aromatic carbocycles. The smallest absolute Gasteiger partial charge is 0.337 e. The van der Waals surface area contributed by atoms with Gasteiger partial charge in [-0.1, -0.05) is 30.3 Å². The summed E-state index contributed by atoms with van der Waals surface area (Å²) in [5, 5.41) is 0. The van der Waals surface area contributed by atoms with Crippen LogP contribution < -0.4 is 0 Å². The molecule has 0 saturated carbocycles. The molecule has 1 aromatic rings. The summed E-state index contributed by atoms with van der Waals surface area (Å²) in [6, 6.07) is 9.56. The molecule has 1 aliphatic heterocycles. The van der Waals surface area contributed by atoms with Gasteiger partial charge in [-0.05, 0) is 5.56 Å². The predicted octanol–water partition coefficient (Wildman–Crippen LogP) is 1.20. The third-order valence-electron chi connectivity index (χ3n) is 2.26. The molecule has 0 N–H and O–H groups in total. The van der Waals surface area contributed by atoms with Gasteiger partial charge in [0.2, 0.25) is 0 Å². The summed E-state index contributed by atoms with van der Waals surface area (Å²) in [5.41, 5.74) is 0.968. The van der Waals surface area contributed by atoms with Crippen LogP contribution >= 0.6 is 0 Å². The summed E-state index contributed by atoms with van der Waals surface area (Å²) in [5.74, 6) is -0.347. The van der Waals surface area contributed by atoms with E-state index in [4.69, 9.17) is 9.47 Å². The van der Waals surface area contributed by atoms with Crippen LogP contribution in [-0.4, -0.2) is 31.4 Å². The van der Waals surface area contributed by atoms with E-state index in [0.717, 1.165) is 5.56 Å². The minimum absolute atomic E-state index is 0.281. The molecule has 1 aliphatic rings. The Morgan fingerprint density at radius 1 is 1.44 bits per heavy atom. The quantitative estimate of drug-likeness (QED) is 0.718. The number of aliphatic imine (C=N–C) groups is 1. The molecule has 16 heavy (non-hydrogen) atoms. The maximum atomic E-state index is 11.6. The maximum Gasteiger partial charge on any atom is 0.337 e. The molecule has 0 aliphatic carbocycles. The molecule has 0 fully saturated rings. The summed E-state index contributed by atoms with van der Waals surface area (Å²) in [6.45, 7) is 1.02. The van der Waals surface area contributed by atoms with Crippen molar-refractivity contribution in [2.75, 3.05) is 13.2 Å². The third-order valence-corrected chi connectivity index (χ3v) is 2.26. The normalized spacial score (nSPS) is 19.4. The summed E-state index contributed by atoms with van der Waals surface area (Å²) in [6.07, 6.45) is 1.11. The lowest BCUT2D eigenvalue weighted by atomic mass is 10.2. The first kappa shape index (κ1) is 10.8. The first-order chi connectivity index (χ1) is 7.86. The van der Waals surface area contributed by atoms with Gasteiger partial charge in [0, 0.05) is 6.21 Å². The molecule has 1 heterocycles. The van der Waals surface area contributed by atoms with E-state index in [1.165, 1.54) is 0 Å². The number of esters is 1. The number of carbonyl (C=O) groups is 1. The van der Waals surface area contributed by atoms with Crippen molar-refractivity contribution in [1.29, 1.82) is 0 Å². The summed E-state index contributed by atoms with van der Waals surface area (Å²) in [4.78, 5) is 15.5. The Morgan fingerprint density at radius 3 is 2.94 bits per heavy atom. The van der Waals surface area contributed by atoms with Crippen molar-refractivity contribution in [3.8, 4) is 0 Å². The molecule has 0 aromatic heterocycles. The second-order valence-corrected chi connectivity index (χ2v) is 3.46. The van der Waals surface area contributed by atoms with Crippen molar-refractivity contribution in [3.05, 3.63) is 35.9 Å². The average molecular weight is 219 g/mol. The highest BCUT2D eigenvalue weighted by molar-refractivity contribution is 5.76. The lowest BCUT2D eigenvalue weighted by Crippen LogP contribution is -2.32. The molecule has 0 saturated heterocycles. The Hall–Kier alpha value is -1.68. The number of carbonyl (C=O) groups excluding carboxylic acids is 1. The number of hydrogen-bond donors (Lipinski definition) is 0. The van der Waals surface area contributed by atoms with Crippen LogP contribution in [0.3, 0.4) is 0 Å². The molecule has 0 radical (unpaired) electrons. The van der Waals surface area contributed by atoms with E-state index in [-0.39, 0.29) is 12.6 Å². The Bertz CT molecular complexity index is 375. The fourth-order valence-electron chi connectivity index (χ4n) is 1.40.